The zero-order chi connectivity index (χ0) is 18.4. The normalized spacial score (nSPS) is 24.8. The molecule has 146 valence electrons. The smallest absolute Gasteiger partial charge is 0.192 e. The summed E-state index contributed by atoms with van der Waals surface area (Å²) < 4.78 is 2.02. The average Bonchev–Trinajstić information content (AvgIpc) is 3.21. The summed E-state index contributed by atoms with van der Waals surface area (Å²) in [5, 5.41) is 16.6. The summed E-state index contributed by atoms with van der Waals surface area (Å²) in [6, 6.07) is 1.09. The molecule has 6 nitrogen and oxygen atoms in total. The first-order valence-electron chi connectivity index (χ1n) is 10.2. The minimum atomic E-state index is 0.537. The Morgan fingerprint density at radius 2 is 1.88 bits per heavy atom. The van der Waals surface area contributed by atoms with Crippen LogP contribution in [0.1, 0.15) is 69.9 Å². The van der Waals surface area contributed by atoms with Gasteiger partial charge in [-0.1, -0.05) is 26.2 Å². The SMILES string of the molecule is CCSC1CCC(NC(=NCc2nnc(C)n2C)NC2CCCCC2)C1. The molecule has 0 aromatic carbocycles. The van der Waals surface area contributed by atoms with Crippen LogP contribution >= 0.6 is 11.8 Å². The van der Waals surface area contributed by atoms with Crippen molar-refractivity contribution >= 4 is 17.7 Å². The van der Waals surface area contributed by atoms with Crippen LogP contribution in [0.3, 0.4) is 0 Å². The maximum Gasteiger partial charge on any atom is 0.192 e. The summed E-state index contributed by atoms with van der Waals surface area (Å²) in [5.41, 5.74) is 0. The Morgan fingerprint density at radius 1 is 1.12 bits per heavy atom. The van der Waals surface area contributed by atoms with Gasteiger partial charge in [0.25, 0.3) is 0 Å². The van der Waals surface area contributed by atoms with Crippen molar-refractivity contribution in [2.75, 3.05) is 5.75 Å². The van der Waals surface area contributed by atoms with Gasteiger partial charge in [0.05, 0.1) is 0 Å². The fraction of sp³-hybridized carbons (Fsp3) is 0.842. The molecule has 1 heterocycles. The summed E-state index contributed by atoms with van der Waals surface area (Å²) in [7, 11) is 2.01. The molecule has 2 aliphatic carbocycles. The third-order valence-electron chi connectivity index (χ3n) is 5.64. The number of aromatic nitrogens is 3. The molecule has 2 saturated carbocycles. The largest absolute Gasteiger partial charge is 0.354 e. The summed E-state index contributed by atoms with van der Waals surface area (Å²) >= 11 is 2.10. The van der Waals surface area contributed by atoms with Crippen LogP contribution in [0, 0.1) is 6.92 Å². The first kappa shape index (κ1) is 19.5. The Labute approximate surface area is 162 Å². The van der Waals surface area contributed by atoms with Crippen molar-refractivity contribution in [2.45, 2.75) is 89.1 Å². The highest BCUT2D eigenvalue weighted by Crippen LogP contribution is 2.29. The highest BCUT2D eigenvalue weighted by molar-refractivity contribution is 7.99. The fourth-order valence-corrected chi connectivity index (χ4v) is 5.11. The van der Waals surface area contributed by atoms with Gasteiger partial charge in [-0.15, -0.1) is 10.2 Å². The average molecular weight is 379 g/mol. The molecule has 2 fully saturated rings. The van der Waals surface area contributed by atoms with E-state index in [-0.39, 0.29) is 0 Å². The van der Waals surface area contributed by atoms with Crippen molar-refractivity contribution in [1.82, 2.24) is 25.4 Å². The van der Waals surface area contributed by atoms with E-state index in [9.17, 15) is 0 Å². The molecule has 0 bridgehead atoms. The molecule has 2 N–H and O–H groups in total. The van der Waals surface area contributed by atoms with E-state index in [1.54, 1.807) is 0 Å². The van der Waals surface area contributed by atoms with Crippen molar-refractivity contribution in [3.63, 3.8) is 0 Å². The Bertz CT molecular complexity index is 593. The standard InChI is InChI=1S/C19H34N6S/c1-4-26-17-11-10-16(12-17)22-19(21-15-8-6-5-7-9-15)20-13-18-24-23-14(2)25(18)3/h15-17H,4-13H2,1-3H3,(H2,20,21,22). The number of hydrogen-bond donors (Lipinski definition) is 2. The number of guanidine groups is 1. The first-order chi connectivity index (χ1) is 12.7. The fourth-order valence-electron chi connectivity index (χ4n) is 3.96. The summed E-state index contributed by atoms with van der Waals surface area (Å²) in [6.45, 7) is 4.80. The quantitative estimate of drug-likeness (QED) is 0.588. The van der Waals surface area contributed by atoms with Gasteiger partial charge in [-0.25, -0.2) is 4.99 Å². The number of aryl methyl sites for hydroxylation is 1. The maximum atomic E-state index is 4.86. The number of aliphatic imine (C=N–C) groups is 1. The Morgan fingerprint density at radius 3 is 2.58 bits per heavy atom. The van der Waals surface area contributed by atoms with Crippen LogP contribution in [0.5, 0.6) is 0 Å². The monoisotopic (exact) mass is 378 g/mol. The molecule has 0 radical (unpaired) electrons. The summed E-state index contributed by atoms with van der Waals surface area (Å²) in [5.74, 6) is 4.02. The second-order valence-electron chi connectivity index (χ2n) is 7.60. The van der Waals surface area contributed by atoms with Gasteiger partial charge in [-0.3, -0.25) is 0 Å². The minimum Gasteiger partial charge on any atom is -0.354 e. The van der Waals surface area contributed by atoms with Crippen molar-refractivity contribution < 1.29 is 0 Å². The molecule has 1 aromatic heterocycles. The van der Waals surface area contributed by atoms with Crippen LogP contribution in [0.2, 0.25) is 0 Å². The topological polar surface area (TPSA) is 67.1 Å². The second kappa shape index (κ2) is 9.62. The van der Waals surface area contributed by atoms with Crippen molar-refractivity contribution in [2.24, 2.45) is 12.0 Å². The predicted molar refractivity (Wildman–Crippen MR) is 110 cm³/mol. The molecule has 0 saturated heterocycles. The van der Waals surface area contributed by atoms with Gasteiger partial charge in [0.15, 0.2) is 11.8 Å². The van der Waals surface area contributed by atoms with Crippen molar-refractivity contribution in [1.29, 1.82) is 0 Å². The van der Waals surface area contributed by atoms with E-state index in [4.69, 9.17) is 4.99 Å². The Balaban J connectivity index is 1.62. The van der Waals surface area contributed by atoms with Crippen molar-refractivity contribution in [3.05, 3.63) is 11.6 Å². The lowest BCUT2D eigenvalue weighted by Crippen LogP contribution is -2.47. The molecule has 2 aliphatic rings. The van der Waals surface area contributed by atoms with Gasteiger partial charge >= 0.3 is 0 Å². The van der Waals surface area contributed by atoms with Gasteiger partial charge in [0, 0.05) is 24.4 Å². The van der Waals surface area contributed by atoms with E-state index in [2.05, 4.69) is 39.5 Å². The summed E-state index contributed by atoms with van der Waals surface area (Å²) in [4.78, 5) is 4.86. The molecule has 1 aromatic rings. The van der Waals surface area contributed by atoms with Gasteiger partial charge in [-0.2, -0.15) is 11.8 Å². The zero-order valence-electron chi connectivity index (χ0n) is 16.5. The lowest BCUT2D eigenvalue weighted by atomic mass is 9.96. The molecular weight excluding hydrogens is 344 g/mol. The summed E-state index contributed by atoms with van der Waals surface area (Å²) in [6.07, 6.45) is 10.3. The maximum absolute atomic E-state index is 4.86. The number of thioether (sulfide) groups is 1. The molecular formula is C19H34N6S. The van der Waals surface area contributed by atoms with Crippen LogP contribution in [-0.4, -0.2) is 43.8 Å². The van der Waals surface area contributed by atoms with E-state index < -0.39 is 0 Å². The van der Waals surface area contributed by atoms with E-state index in [1.807, 2.05) is 18.5 Å². The third-order valence-corrected chi connectivity index (χ3v) is 6.87. The van der Waals surface area contributed by atoms with Gasteiger partial charge in [0.1, 0.15) is 12.4 Å². The van der Waals surface area contributed by atoms with Gasteiger partial charge in [-0.05, 0) is 44.8 Å². The van der Waals surface area contributed by atoms with Crippen LogP contribution in [0.25, 0.3) is 0 Å². The van der Waals surface area contributed by atoms with Crippen LogP contribution in [-0.2, 0) is 13.6 Å². The van der Waals surface area contributed by atoms with Crippen LogP contribution in [0.4, 0.5) is 0 Å². The number of hydrogen-bond acceptors (Lipinski definition) is 4. The van der Waals surface area contributed by atoms with Gasteiger partial charge in [0.2, 0.25) is 0 Å². The molecule has 7 heteroatoms. The number of nitrogens with one attached hydrogen (secondary N) is 2. The van der Waals surface area contributed by atoms with Gasteiger partial charge < -0.3 is 15.2 Å². The lowest BCUT2D eigenvalue weighted by Gasteiger charge is -2.26. The lowest BCUT2D eigenvalue weighted by molar-refractivity contribution is 0.407. The first-order valence-corrected chi connectivity index (χ1v) is 11.2. The van der Waals surface area contributed by atoms with Crippen molar-refractivity contribution in [3.8, 4) is 0 Å². The molecule has 26 heavy (non-hydrogen) atoms. The molecule has 0 amide bonds. The van der Waals surface area contributed by atoms with E-state index in [0.29, 0.717) is 18.6 Å². The van der Waals surface area contributed by atoms with E-state index >= 15 is 0 Å². The second-order valence-corrected chi connectivity index (χ2v) is 9.18. The minimum absolute atomic E-state index is 0.537. The highest BCUT2D eigenvalue weighted by atomic mass is 32.2. The van der Waals surface area contributed by atoms with Crippen LogP contribution in [0.15, 0.2) is 4.99 Å². The van der Waals surface area contributed by atoms with E-state index in [1.165, 1.54) is 57.1 Å². The molecule has 3 rings (SSSR count). The molecule has 0 spiro atoms. The van der Waals surface area contributed by atoms with E-state index in [0.717, 1.165) is 22.9 Å². The highest BCUT2D eigenvalue weighted by Gasteiger charge is 2.26. The Hall–Kier alpha value is -1.24. The Kier molecular flexibility index (Phi) is 7.23. The zero-order valence-corrected chi connectivity index (χ0v) is 17.3. The number of nitrogens with zero attached hydrogens (tertiary/aromatic N) is 4. The predicted octanol–water partition coefficient (Wildman–Crippen LogP) is 3.17. The molecule has 2 atom stereocenters. The van der Waals surface area contributed by atoms with Crippen LogP contribution < -0.4 is 10.6 Å². The molecule has 2 unspecified atom stereocenters. The third kappa shape index (κ3) is 5.38. The molecule has 0 aliphatic heterocycles. The number of rotatable bonds is 6.